The smallest absolute Gasteiger partial charge is 0.331 e. The molecule has 0 aliphatic heterocycles. The van der Waals surface area contributed by atoms with Crippen molar-refractivity contribution in [1.29, 1.82) is 0 Å². The summed E-state index contributed by atoms with van der Waals surface area (Å²) in [4.78, 5) is 12.0. The van der Waals surface area contributed by atoms with E-state index in [4.69, 9.17) is 4.74 Å². The van der Waals surface area contributed by atoms with Crippen molar-refractivity contribution in [2.45, 2.75) is 38.1 Å². The maximum absolute atomic E-state index is 12.0. The Labute approximate surface area is 109 Å². The Kier molecular flexibility index (Phi) is 3.90. The van der Waals surface area contributed by atoms with Crippen LogP contribution in [0, 0.1) is 5.92 Å². The second-order valence-electron chi connectivity index (χ2n) is 5.32. The SMILES string of the molecule is COC(=O)C(C)(CC1CCC1)Nc1ccccc1. The fourth-order valence-electron chi connectivity index (χ4n) is 2.52. The molecule has 1 aliphatic carbocycles. The second-order valence-corrected chi connectivity index (χ2v) is 5.32. The van der Waals surface area contributed by atoms with E-state index < -0.39 is 5.54 Å². The maximum atomic E-state index is 12.0. The number of hydrogen-bond donors (Lipinski definition) is 1. The van der Waals surface area contributed by atoms with Crippen molar-refractivity contribution in [3.05, 3.63) is 30.3 Å². The number of para-hydroxylation sites is 1. The maximum Gasteiger partial charge on any atom is 0.331 e. The number of anilines is 1. The Balaban J connectivity index is 2.10. The molecule has 0 radical (unpaired) electrons. The third-order valence-corrected chi connectivity index (χ3v) is 3.75. The molecule has 1 fully saturated rings. The Morgan fingerprint density at radius 3 is 2.56 bits per heavy atom. The number of hydrogen-bond acceptors (Lipinski definition) is 3. The zero-order valence-corrected chi connectivity index (χ0v) is 11.1. The first-order valence-corrected chi connectivity index (χ1v) is 6.56. The summed E-state index contributed by atoms with van der Waals surface area (Å²) in [5, 5.41) is 3.33. The third-order valence-electron chi connectivity index (χ3n) is 3.75. The van der Waals surface area contributed by atoms with E-state index in [1.807, 2.05) is 37.3 Å². The normalized spacial score (nSPS) is 18.6. The van der Waals surface area contributed by atoms with Crippen LogP contribution in [0.2, 0.25) is 0 Å². The highest BCUT2D eigenvalue weighted by molar-refractivity contribution is 5.84. The largest absolute Gasteiger partial charge is 0.467 e. The van der Waals surface area contributed by atoms with Crippen LogP contribution in [0.1, 0.15) is 32.6 Å². The lowest BCUT2D eigenvalue weighted by Crippen LogP contribution is -2.46. The number of rotatable bonds is 5. The number of carbonyl (C=O) groups excluding carboxylic acids is 1. The molecule has 1 unspecified atom stereocenters. The fraction of sp³-hybridized carbons (Fsp3) is 0.533. The number of carbonyl (C=O) groups is 1. The lowest BCUT2D eigenvalue weighted by atomic mass is 9.76. The van der Waals surface area contributed by atoms with Gasteiger partial charge in [-0.05, 0) is 31.4 Å². The third kappa shape index (κ3) is 2.84. The molecule has 0 spiro atoms. The quantitative estimate of drug-likeness (QED) is 0.812. The van der Waals surface area contributed by atoms with Gasteiger partial charge in [0.2, 0.25) is 0 Å². The lowest BCUT2D eigenvalue weighted by molar-refractivity contribution is -0.146. The molecule has 0 heterocycles. The predicted octanol–water partition coefficient (Wildman–Crippen LogP) is 3.22. The van der Waals surface area contributed by atoms with Crippen LogP contribution in [-0.2, 0) is 9.53 Å². The molecule has 3 nitrogen and oxygen atoms in total. The molecule has 0 amide bonds. The van der Waals surface area contributed by atoms with Crippen molar-refractivity contribution in [1.82, 2.24) is 0 Å². The van der Waals surface area contributed by atoms with E-state index in [1.165, 1.54) is 26.4 Å². The van der Waals surface area contributed by atoms with Crippen LogP contribution < -0.4 is 5.32 Å². The molecule has 1 aromatic rings. The van der Waals surface area contributed by atoms with Crippen molar-refractivity contribution in [2.75, 3.05) is 12.4 Å². The lowest BCUT2D eigenvalue weighted by Gasteiger charge is -2.36. The first kappa shape index (κ1) is 12.9. The topological polar surface area (TPSA) is 38.3 Å². The van der Waals surface area contributed by atoms with Gasteiger partial charge in [0.25, 0.3) is 0 Å². The molecule has 18 heavy (non-hydrogen) atoms. The monoisotopic (exact) mass is 247 g/mol. The molecular weight excluding hydrogens is 226 g/mol. The van der Waals surface area contributed by atoms with Gasteiger partial charge < -0.3 is 10.1 Å². The van der Waals surface area contributed by atoms with Crippen molar-refractivity contribution in [3.8, 4) is 0 Å². The van der Waals surface area contributed by atoms with E-state index in [-0.39, 0.29) is 5.97 Å². The number of nitrogens with one attached hydrogen (secondary N) is 1. The Morgan fingerprint density at radius 1 is 1.39 bits per heavy atom. The zero-order valence-electron chi connectivity index (χ0n) is 11.1. The average molecular weight is 247 g/mol. The van der Waals surface area contributed by atoms with Crippen LogP contribution in [0.15, 0.2) is 30.3 Å². The summed E-state index contributed by atoms with van der Waals surface area (Å²) in [5.41, 5.74) is 0.339. The van der Waals surface area contributed by atoms with Gasteiger partial charge in [-0.15, -0.1) is 0 Å². The minimum atomic E-state index is -0.624. The van der Waals surface area contributed by atoms with Crippen LogP contribution in [0.4, 0.5) is 5.69 Å². The minimum absolute atomic E-state index is 0.182. The first-order chi connectivity index (χ1) is 8.64. The highest BCUT2D eigenvalue weighted by atomic mass is 16.5. The summed E-state index contributed by atoms with van der Waals surface area (Å²) in [6.07, 6.45) is 4.58. The molecule has 1 atom stereocenters. The van der Waals surface area contributed by atoms with E-state index >= 15 is 0 Å². The summed E-state index contributed by atoms with van der Waals surface area (Å²) in [5.74, 6) is 0.462. The molecule has 1 saturated carbocycles. The summed E-state index contributed by atoms with van der Waals surface area (Å²) in [6, 6.07) is 9.84. The van der Waals surface area contributed by atoms with Crippen molar-refractivity contribution < 1.29 is 9.53 Å². The van der Waals surface area contributed by atoms with Gasteiger partial charge in [0, 0.05) is 5.69 Å². The second kappa shape index (κ2) is 5.42. The first-order valence-electron chi connectivity index (χ1n) is 6.56. The number of methoxy groups -OCH3 is 1. The molecule has 0 bridgehead atoms. The van der Waals surface area contributed by atoms with Gasteiger partial charge in [0.1, 0.15) is 5.54 Å². The number of ether oxygens (including phenoxy) is 1. The van der Waals surface area contributed by atoms with Crippen LogP contribution in [0.3, 0.4) is 0 Å². The molecule has 0 aromatic heterocycles. The zero-order chi connectivity index (χ0) is 13.0. The molecule has 1 N–H and O–H groups in total. The van der Waals surface area contributed by atoms with E-state index in [0.717, 1.165) is 12.1 Å². The van der Waals surface area contributed by atoms with Crippen LogP contribution in [0.25, 0.3) is 0 Å². The molecule has 1 aliphatic rings. The Morgan fingerprint density at radius 2 is 2.06 bits per heavy atom. The molecule has 2 rings (SSSR count). The highest BCUT2D eigenvalue weighted by Gasteiger charge is 2.38. The van der Waals surface area contributed by atoms with Crippen molar-refractivity contribution >= 4 is 11.7 Å². The van der Waals surface area contributed by atoms with Gasteiger partial charge in [-0.25, -0.2) is 4.79 Å². The average Bonchev–Trinajstić information content (AvgIpc) is 2.34. The van der Waals surface area contributed by atoms with Crippen LogP contribution in [-0.4, -0.2) is 18.6 Å². The van der Waals surface area contributed by atoms with Gasteiger partial charge in [-0.3, -0.25) is 0 Å². The van der Waals surface area contributed by atoms with Crippen molar-refractivity contribution in [2.24, 2.45) is 5.92 Å². The van der Waals surface area contributed by atoms with Gasteiger partial charge in [-0.1, -0.05) is 37.5 Å². The van der Waals surface area contributed by atoms with Gasteiger partial charge in [-0.2, -0.15) is 0 Å². The van der Waals surface area contributed by atoms with Crippen LogP contribution >= 0.6 is 0 Å². The molecular formula is C15H21NO2. The Bertz CT molecular complexity index is 400. The standard InChI is InChI=1S/C15H21NO2/c1-15(14(17)18-2,11-12-7-6-8-12)16-13-9-4-3-5-10-13/h3-5,9-10,12,16H,6-8,11H2,1-2H3. The summed E-state index contributed by atoms with van der Waals surface area (Å²) in [6.45, 7) is 1.93. The van der Waals surface area contributed by atoms with Gasteiger partial charge in [0.15, 0.2) is 0 Å². The molecule has 0 saturated heterocycles. The van der Waals surface area contributed by atoms with Gasteiger partial charge in [0.05, 0.1) is 7.11 Å². The highest BCUT2D eigenvalue weighted by Crippen LogP contribution is 2.35. The summed E-state index contributed by atoms with van der Waals surface area (Å²) < 4.78 is 4.96. The molecule has 1 aromatic carbocycles. The van der Waals surface area contributed by atoms with E-state index in [9.17, 15) is 4.79 Å². The van der Waals surface area contributed by atoms with E-state index in [1.54, 1.807) is 0 Å². The van der Waals surface area contributed by atoms with E-state index in [0.29, 0.717) is 5.92 Å². The molecule has 98 valence electrons. The van der Waals surface area contributed by atoms with Gasteiger partial charge >= 0.3 is 5.97 Å². The number of esters is 1. The number of benzene rings is 1. The minimum Gasteiger partial charge on any atom is -0.467 e. The van der Waals surface area contributed by atoms with Crippen molar-refractivity contribution in [3.63, 3.8) is 0 Å². The summed E-state index contributed by atoms with van der Waals surface area (Å²) >= 11 is 0. The summed E-state index contributed by atoms with van der Waals surface area (Å²) in [7, 11) is 1.45. The van der Waals surface area contributed by atoms with E-state index in [2.05, 4.69) is 5.32 Å². The molecule has 3 heteroatoms. The predicted molar refractivity (Wildman–Crippen MR) is 72.4 cm³/mol. The Hall–Kier alpha value is -1.51. The van der Waals surface area contributed by atoms with Crippen LogP contribution in [0.5, 0.6) is 0 Å². The fourth-order valence-corrected chi connectivity index (χ4v) is 2.52.